The van der Waals surface area contributed by atoms with Crippen LogP contribution >= 0.6 is 0 Å². The molecule has 0 spiro atoms. The predicted molar refractivity (Wildman–Crippen MR) is 156 cm³/mol. The highest BCUT2D eigenvalue weighted by Crippen LogP contribution is 2.13. The number of aliphatic hydroxyl groups is 1. The molecule has 0 fully saturated rings. The number of carbonyl (C=O) groups is 1. The van der Waals surface area contributed by atoms with E-state index >= 15 is 0 Å². The smallest absolute Gasteiger partial charge is 0.267 e. The minimum Gasteiger partial charge on any atom is -0.387 e. The number of aliphatic hydroxyl groups excluding tert-OH is 1. The van der Waals surface area contributed by atoms with Crippen LogP contribution in [0, 0.1) is 0 Å². The number of nitrogens with one attached hydrogen (secondary N) is 1. The molecule has 0 saturated heterocycles. The summed E-state index contributed by atoms with van der Waals surface area (Å²) in [7, 11) is -4.34. The monoisotopic (exact) mass is 541 g/mol. The normalized spacial score (nSPS) is 14.2. The summed E-state index contributed by atoms with van der Waals surface area (Å²) in [4.78, 5) is 12.3. The van der Waals surface area contributed by atoms with Gasteiger partial charge in [-0.05, 0) is 39.0 Å². The SMILES string of the molecule is C/C=C/CC/C=C/CC/C=C/C(O)C(CS(=O)(=O)O)NC(=O)CCCCCCCCCCCCCCC. The van der Waals surface area contributed by atoms with Crippen molar-refractivity contribution in [2.75, 3.05) is 5.75 Å². The third-order valence-corrected chi connectivity index (χ3v) is 7.17. The Morgan fingerprint density at radius 3 is 1.70 bits per heavy atom. The predicted octanol–water partition coefficient (Wildman–Crippen LogP) is 7.45. The highest BCUT2D eigenvalue weighted by atomic mass is 32.2. The first kappa shape index (κ1) is 35.6. The number of rotatable bonds is 25. The number of unbranched alkanes of at least 4 members (excludes halogenated alkanes) is 14. The third-order valence-electron chi connectivity index (χ3n) is 6.39. The van der Waals surface area contributed by atoms with E-state index in [-0.39, 0.29) is 12.3 Å². The minimum atomic E-state index is -4.34. The second-order valence-corrected chi connectivity index (χ2v) is 11.5. The van der Waals surface area contributed by atoms with Gasteiger partial charge in [-0.3, -0.25) is 9.35 Å². The second-order valence-electron chi connectivity index (χ2n) is 10.0. The van der Waals surface area contributed by atoms with Crippen LogP contribution in [0.1, 0.15) is 129 Å². The van der Waals surface area contributed by atoms with E-state index in [1.165, 1.54) is 70.3 Å². The molecule has 0 bridgehead atoms. The van der Waals surface area contributed by atoms with E-state index in [9.17, 15) is 22.9 Å². The number of allylic oxidation sites excluding steroid dienone is 5. The highest BCUT2D eigenvalue weighted by Gasteiger charge is 2.24. The second kappa shape index (κ2) is 24.9. The van der Waals surface area contributed by atoms with Crippen LogP contribution in [-0.4, -0.2) is 41.9 Å². The van der Waals surface area contributed by atoms with Crippen LogP contribution in [0.2, 0.25) is 0 Å². The van der Waals surface area contributed by atoms with Gasteiger partial charge in [0.25, 0.3) is 10.1 Å². The minimum absolute atomic E-state index is 0.286. The molecule has 0 aromatic heterocycles. The molecule has 0 saturated carbocycles. The number of hydrogen-bond donors (Lipinski definition) is 3. The van der Waals surface area contributed by atoms with Crippen molar-refractivity contribution in [3.63, 3.8) is 0 Å². The lowest BCUT2D eigenvalue weighted by atomic mass is 10.0. The first-order chi connectivity index (χ1) is 17.8. The maximum Gasteiger partial charge on any atom is 0.267 e. The summed E-state index contributed by atoms with van der Waals surface area (Å²) < 4.78 is 32.0. The van der Waals surface area contributed by atoms with Gasteiger partial charge in [-0.1, -0.05) is 120 Å². The standard InChI is InChI=1S/C30H55NO5S/c1-3-5-7-9-11-13-14-15-16-18-20-22-24-26-30(33)31-28(27-37(34,35)36)29(32)25-23-21-19-17-12-10-8-6-4-2/h4,6,12,17,23,25,28-29,32H,3,5,7-11,13-16,18-22,24,26-27H2,1-2H3,(H,31,33)(H,34,35,36)/b6-4+,17-12+,25-23+. The Morgan fingerprint density at radius 1 is 0.757 bits per heavy atom. The molecule has 2 atom stereocenters. The van der Waals surface area contributed by atoms with Gasteiger partial charge in [0.1, 0.15) is 0 Å². The molecule has 0 aromatic rings. The molecule has 1 amide bonds. The van der Waals surface area contributed by atoms with Crippen molar-refractivity contribution in [2.45, 2.75) is 142 Å². The molecule has 0 aliphatic heterocycles. The number of amides is 1. The zero-order chi connectivity index (χ0) is 27.6. The van der Waals surface area contributed by atoms with Crippen molar-refractivity contribution in [2.24, 2.45) is 0 Å². The van der Waals surface area contributed by atoms with Crippen molar-refractivity contribution in [1.82, 2.24) is 5.32 Å². The van der Waals surface area contributed by atoms with Crippen molar-refractivity contribution >= 4 is 16.0 Å². The van der Waals surface area contributed by atoms with Gasteiger partial charge in [-0.15, -0.1) is 0 Å². The maximum atomic E-state index is 12.3. The van der Waals surface area contributed by atoms with Gasteiger partial charge >= 0.3 is 0 Å². The number of carbonyl (C=O) groups excluding carboxylic acids is 1. The lowest BCUT2D eigenvalue weighted by Gasteiger charge is -2.21. The van der Waals surface area contributed by atoms with E-state index in [0.717, 1.165) is 38.5 Å². The van der Waals surface area contributed by atoms with Crippen molar-refractivity contribution in [1.29, 1.82) is 0 Å². The van der Waals surface area contributed by atoms with Gasteiger partial charge in [0, 0.05) is 6.42 Å². The molecule has 0 heterocycles. The summed E-state index contributed by atoms with van der Waals surface area (Å²) in [5.74, 6) is -1.01. The largest absolute Gasteiger partial charge is 0.387 e. The quantitative estimate of drug-likeness (QED) is 0.0632. The number of hydrogen-bond acceptors (Lipinski definition) is 4. The van der Waals surface area contributed by atoms with Gasteiger partial charge in [0.2, 0.25) is 5.91 Å². The molecule has 7 heteroatoms. The van der Waals surface area contributed by atoms with E-state index in [1.54, 1.807) is 6.08 Å². The van der Waals surface area contributed by atoms with Crippen LogP contribution < -0.4 is 5.32 Å². The first-order valence-corrected chi connectivity index (χ1v) is 16.3. The van der Waals surface area contributed by atoms with E-state index in [4.69, 9.17) is 0 Å². The Balaban J connectivity index is 4.12. The summed E-state index contributed by atoms with van der Waals surface area (Å²) in [5, 5.41) is 13.0. The van der Waals surface area contributed by atoms with Gasteiger partial charge in [-0.25, -0.2) is 0 Å². The summed E-state index contributed by atoms with van der Waals surface area (Å²) in [6.07, 6.45) is 30.1. The molecular weight excluding hydrogens is 486 g/mol. The third kappa shape index (κ3) is 26.0. The summed E-state index contributed by atoms with van der Waals surface area (Å²) in [6.45, 7) is 4.24. The Kier molecular flexibility index (Phi) is 23.9. The van der Waals surface area contributed by atoms with Crippen LogP contribution in [0.15, 0.2) is 36.5 Å². The molecule has 0 aliphatic carbocycles. The van der Waals surface area contributed by atoms with Crippen LogP contribution in [0.3, 0.4) is 0 Å². The van der Waals surface area contributed by atoms with Crippen LogP contribution in [0.25, 0.3) is 0 Å². The average Bonchev–Trinajstić information content (AvgIpc) is 2.84. The highest BCUT2D eigenvalue weighted by molar-refractivity contribution is 7.85. The van der Waals surface area contributed by atoms with Crippen molar-refractivity contribution in [3.8, 4) is 0 Å². The lowest BCUT2D eigenvalue weighted by molar-refractivity contribution is -0.122. The van der Waals surface area contributed by atoms with Crippen molar-refractivity contribution < 1.29 is 22.9 Å². The fourth-order valence-corrected chi connectivity index (χ4v) is 4.93. The molecule has 0 rings (SSSR count). The summed E-state index contributed by atoms with van der Waals surface area (Å²) in [6, 6.07) is -1.07. The zero-order valence-electron chi connectivity index (χ0n) is 23.6. The van der Waals surface area contributed by atoms with E-state index in [0.29, 0.717) is 6.42 Å². The van der Waals surface area contributed by atoms with Gasteiger partial charge in [0.05, 0.1) is 17.9 Å². The molecule has 0 radical (unpaired) electrons. The van der Waals surface area contributed by atoms with Crippen LogP contribution in [-0.2, 0) is 14.9 Å². The topological polar surface area (TPSA) is 104 Å². The summed E-state index contributed by atoms with van der Waals surface area (Å²) in [5.41, 5.74) is 0. The van der Waals surface area contributed by atoms with Gasteiger partial charge < -0.3 is 10.4 Å². The molecular formula is C30H55NO5S. The maximum absolute atomic E-state index is 12.3. The van der Waals surface area contributed by atoms with Crippen LogP contribution in [0.4, 0.5) is 0 Å². The lowest BCUT2D eigenvalue weighted by Crippen LogP contribution is -2.46. The van der Waals surface area contributed by atoms with E-state index in [1.807, 2.05) is 13.0 Å². The molecule has 0 aliphatic rings. The van der Waals surface area contributed by atoms with Crippen molar-refractivity contribution in [3.05, 3.63) is 36.5 Å². The molecule has 0 aromatic carbocycles. The Hall–Kier alpha value is -1.44. The molecule has 37 heavy (non-hydrogen) atoms. The van der Waals surface area contributed by atoms with E-state index in [2.05, 4.69) is 30.5 Å². The fourth-order valence-electron chi connectivity index (χ4n) is 4.19. The fraction of sp³-hybridized carbons (Fsp3) is 0.767. The Bertz CT molecular complexity index is 730. The van der Waals surface area contributed by atoms with Crippen LogP contribution in [0.5, 0.6) is 0 Å². The molecule has 2 unspecified atom stereocenters. The average molecular weight is 542 g/mol. The molecule has 6 nitrogen and oxygen atoms in total. The molecule has 3 N–H and O–H groups in total. The van der Waals surface area contributed by atoms with Gasteiger partial charge in [0.15, 0.2) is 0 Å². The Labute approximate surface area is 227 Å². The first-order valence-electron chi connectivity index (χ1n) is 14.7. The molecule has 216 valence electrons. The van der Waals surface area contributed by atoms with Gasteiger partial charge in [-0.2, -0.15) is 8.42 Å². The Morgan fingerprint density at radius 2 is 1.22 bits per heavy atom. The summed E-state index contributed by atoms with van der Waals surface area (Å²) >= 11 is 0. The zero-order valence-corrected chi connectivity index (χ0v) is 24.4. The van der Waals surface area contributed by atoms with E-state index < -0.39 is 28.0 Å².